The highest BCUT2D eigenvalue weighted by molar-refractivity contribution is 6.30. The number of amides is 1. The normalized spacial score (nSPS) is 18.9. The smallest absolute Gasteiger partial charge is 0.249 e. The summed E-state index contributed by atoms with van der Waals surface area (Å²) < 4.78 is 5.46. The maximum atomic E-state index is 12.4. The van der Waals surface area contributed by atoms with Crippen LogP contribution in [-0.4, -0.2) is 23.6 Å². The number of carbonyl (C=O) groups is 1. The minimum atomic E-state index is -0.350. The molecule has 3 rings (SSSR count). The van der Waals surface area contributed by atoms with Crippen LogP contribution in [0.1, 0.15) is 30.0 Å². The second-order valence-electron chi connectivity index (χ2n) is 5.28. The van der Waals surface area contributed by atoms with E-state index in [1.54, 1.807) is 12.4 Å². The Kier molecular flexibility index (Phi) is 4.71. The highest BCUT2D eigenvalue weighted by Crippen LogP contribution is 2.24. The second kappa shape index (κ2) is 6.90. The number of carbonyl (C=O) groups excluding carboxylic acids is 1. The fraction of sp³-hybridized carbons (Fsp3) is 0.294. The van der Waals surface area contributed by atoms with Crippen molar-refractivity contribution in [2.75, 3.05) is 6.61 Å². The van der Waals surface area contributed by atoms with Crippen LogP contribution < -0.4 is 5.32 Å². The summed E-state index contributed by atoms with van der Waals surface area (Å²) in [5.41, 5.74) is 1.95. The number of nitrogens with zero attached hydrogens (tertiary/aromatic N) is 1. The van der Waals surface area contributed by atoms with Crippen molar-refractivity contribution < 1.29 is 9.53 Å². The molecule has 5 heteroatoms. The van der Waals surface area contributed by atoms with E-state index in [9.17, 15) is 4.79 Å². The van der Waals surface area contributed by atoms with Gasteiger partial charge in [-0.3, -0.25) is 9.78 Å². The summed E-state index contributed by atoms with van der Waals surface area (Å²) in [7, 11) is 0. The number of ether oxygens (including phenoxy) is 1. The van der Waals surface area contributed by atoms with Crippen LogP contribution in [0.4, 0.5) is 0 Å². The summed E-state index contributed by atoms with van der Waals surface area (Å²) in [6.07, 6.45) is 4.79. The maximum absolute atomic E-state index is 12.4. The Morgan fingerprint density at radius 1 is 1.18 bits per heavy atom. The highest BCUT2D eigenvalue weighted by atomic mass is 35.5. The molecule has 0 radical (unpaired) electrons. The van der Waals surface area contributed by atoms with Gasteiger partial charge < -0.3 is 10.1 Å². The Labute approximate surface area is 134 Å². The third kappa shape index (κ3) is 3.46. The fourth-order valence-electron chi connectivity index (χ4n) is 2.59. The number of hydrogen-bond acceptors (Lipinski definition) is 3. The van der Waals surface area contributed by atoms with Crippen molar-refractivity contribution in [1.29, 1.82) is 0 Å². The topological polar surface area (TPSA) is 51.2 Å². The summed E-state index contributed by atoms with van der Waals surface area (Å²) in [6.45, 7) is 0.652. The van der Waals surface area contributed by atoms with Crippen LogP contribution in [0.3, 0.4) is 0 Å². The van der Waals surface area contributed by atoms with Crippen molar-refractivity contribution >= 4 is 17.5 Å². The van der Waals surface area contributed by atoms with Gasteiger partial charge in [-0.1, -0.05) is 23.7 Å². The molecule has 0 unspecified atom stereocenters. The molecule has 1 saturated heterocycles. The minimum absolute atomic E-state index is 0.0748. The molecule has 1 aromatic carbocycles. The van der Waals surface area contributed by atoms with Crippen LogP contribution >= 0.6 is 11.6 Å². The van der Waals surface area contributed by atoms with E-state index in [2.05, 4.69) is 10.3 Å². The lowest BCUT2D eigenvalue weighted by Gasteiger charge is -2.21. The predicted octanol–water partition coefficient (Wildman–Crippen LogP) is 3.12. The van der Waals surface area contributed by atoms with Gasteiger partial charge in [-0.25, -0.2) is 0 Å². The van der Waals surface area contributed by atoms with Crippen LogP contribution in [0.15, 0.2) is 48.8 Å². The molecule has 4 nitrogen and oxygen atoms in total. The molecule has 1 amide bonds. The monoisotopic (exact) mass is 316 g/mol. The number of hydrogen-bond donors (Lipinski definition) is 1. The second-order valence-corrected chi connectivity index (χ2v) is 5.71. The van der Waals surface area contributed by atoms with Gasteiger partial charge in [0.1, 0.15) is 6.10 Å². The lowest BCUT2D eigenvalue weighted by Crippen LogP contribution is -2.37. The first-order valence-corrected chi connectivity index (χ1v) is 7.69. The van der Waals surface area contributed by atoms with Crippen molar-refractivity contribution in [3.05, 3.63) is 64.9 Å². The van der Waals surface area contributed by atoms with Crippen LogP contribution in [0.25, 0.3) is 0 Å². The van der Waals surface area contributed by atoms with Gasteiger partial charge in [0.05, 0.1) is 6.04 Å². The zero-order valence-corrected chi connectivity index (χ0v) is 12.8. The number of rotatable bonds is 4. The number of pyridine rings is 1. The number of aromatic nitrogens is 1. The lowest BCUT2D eigenvalue weighted by molar-refractivity contribution is -0.130. The Morgan fingerprint density at radius 3 is 2.50 bits per heavy atom. The van der Waals surface area contributed by atoms with Gasteiger partial charge in [0, 0.05) is 24.0 Å². The minimum Gasteiger partial charge on any atom is -0.368 e. The Morgan fingerprint density at radius 2 is 1.86 bits per heavy atom. The van der Waals surface area contributed by atoms with Crippen LogP contribution in [-0.2, 0) is 9.53 Å². The first-order valence-electron chi connectivity index (χ1n) is 7.31. The first-order chi connectivity index (χ1) is 10.7. The van der Waals surface area contributed by atoms with Crippen molar-refractivity contribution in [3.63, 3.8) is 0 Å². The zero-order chi connectivity index (χ0) is 15.4. The van der Waals surface area contributed by atoms with Crippen molar-refractivity contribution in [1.82, 2.24) is 10.3 Å². The molecule has 2 heterocycles. The van der Waals surface area contributed by atoms with E-state index in [0.717, 1.165) is 24.0 Å². The third-order valence-electron chi connectivity index (χ3n) is 3.75. The van der Waals surface area contributed by atoms with Crippen LogP contribution in [0, 0.1) is 0 Å². The Bertz CT molecular complexity index is 625. The average molecular weight is 317 g/mol. The largest absolute Gasteiger partial charge is 0.368 e. The van der Waals surface area contributed by atoms with Crippen molar-refractivity contribution in [2.45, 2.75) is 25.0 Å². The summed E-state index contributed by atoms with van der Waals surface area (Å²) in [6, 6.07) is 11.0. The summed E-state index contributed by atoms with van der Waals surface area (Å²) in [4.78, 5) is 16.4. The molecule has 0 bridgehead atoms. The third-order valence-corrected chi connectivity index (χ3v) is 4.00. The van der Waals surface area contributed by atoms with Gasteiger partial charge in [-0.2, -0.15) is 0 Å². The first kappa shape index (κ1) is 15.0. The Hall–Kier alpha value is -1.91. The quantitative estimate of drug-likeness (QED) is 0.943. The average Bonchev–Trinajstić information content (AvgIpc) is 3.09. The molecule has 1 N–H and O–H groups in total. The number of halogens is 1. The van der Waals surface area contributed by atoms with E-state index in [-0.39, 0.29) is 18.1 Å². The van der Waals surface area contributed by atoms with E-state index in [4.69, 9.17) is 16.3 Å². The number of benzene rings is 1. The molecule has 114 valence electrons. The van der Waals surface area contributed by atoms with Gasteiger partial charge in [0.2, 0.25) is 5.91 Å². The zero-order valence-electron chi connectivity index (χ0n) is 12.0. The van der Waals surface area contributed by atoms with Crippen molar-refractivity contribution in [3.8, 4) is 0 Å². The summed E-state index contributed by atoms with van der Waals surface area (Å²) in [5, 5.41) is 3.75. The molecule has 0 saturated carbocycles. The van der Waals surface area contributed by atoms with Crippen LogP contribution in [0.5, 0.6) is 0 Å². The van der Waals surface area contributed by atoms with E-state index in [1.807, 2.05) is 36.4 Å². The van der Waals surface area contributed by atoms with Gasteiger partial charge in [-0.05, 0) is 48.2 Å². The Balaban J connectivity index is 1.86. The van der Waals surface area contributed by atoms with Gasteiger partial charge >= 0.3 is 0 Å². The van der Waals surface area contributed by atoms with E-state index < -0.39 is 0 Å². The molecule has 0 spiro atoms. The fourth-order valence-corrected chi connectivity index (χ4v) is 2.72. The molecule has 1 aliphatic heterocycles. The van der Waals surface area contributed by atoms with Crippen molar-refractivity contribution in [2.24, 2.45) is 0 Å². The lowest BCUT2D eigenvalue weighted by atomic mass is 9.99. The molecule has 2 aromatic rings. The molecular formula is C17H17ClN2O2. The summed E-state index contributed by atoms with van der Waals surface area (Å²) in [5.74, 6) is -0.0748. The molecule has 1 aromatic heterocycles. The number of nitrogens with one attached hydrogen (secondary N) is 1. The van der Waals surface area contributed by atoms with Crippen LogP contribution in [0.2, 0.25) is 5.02 Å². The molecular weight excluding hydrogens is 300 g/mol. The van der Waals surface area contributed by atoms with Gasteiger partial charge in [0.15, 0.2) is 0 Å². The molecule has 22 heavy (non-hydrogen) atoms. The molecule has 0 aliphatic carbocycles. The summed E-state index contributed by atoms with van der Waals surface area (Å²) >= 11 is 5.95. The SMILES string of the molecule is O=C(N[C@H](c1ccncc1)c1ccc(Cl)cc1)[C@H]1CCCO1. The molecule has 1 aliphatic rings. The van der Waals surface area contributed by atoms with Gasteiger partial charge in [-0.15, -0.1) is 0 Å². The maximum Gasteiger partial charge on any atom is 0.249 e. The van der Waals surface area contributed by atoms with E-state index in [1.165, 1.54) is 0 Å². The van der Waals surface area contributed by atoms with E-state index in [0.29, 0.717) is 11.6 Å². The molecule has 1 fully saturated rings. The molecule has 2 atom stereocenters. The predicted molar refractivity (Wildman–Crippen MR) is 84.6 cm³/mol. The standard InChI is InChI=1S/C17H17ClN2O2/c18-14-5-3-12(4-6-14)16(13-7-9-19-10-8-13)20-17(21)15-2-1-11-22-15/h3-10,15-16H,1-2,11H2,(H,20,21)/t15-,16+/m1/s1. The highest BCUT2D eigenvalue weighted by Gasteiger charge is 2.26. The van der Waals surface area contributed by atoms with Gasteiger partial charge in [0.25, 0.3) is 0 Å². The van der Waals surface area contributed by atoms with E-state index >= 15 is 0 Å².